The first-order valence-electron chi connectivity index (χ1n) is 6.99. The summed E-state index contributed by atoms with van der Waals surface area (Å²) in [7, 11) is 0. The molecule has 0 saturated carbocycles. The van der Waals surface area contributed by atoms with Gasteiger partial charge in [-0.1, -0.05) is 30.3 Å². The number of aliphatic hydroxyl groups excluding tert-OH is 1. The van der Waals surface area contributed by atoms with Gasteiger partial charge in [0.1, 0.15) is 0 Å². The van der Waals surface area contributed by atoms with Crippen LogP contribution in [0.1, 0.15) is 27.6 Å². The fourth-order valence-electron chi connectivity index (χ4n) is 2.78. The summed E-state index contributed by atoms with van der Waals surface area (Å²) in [5.74, 6) is -0.902. The molecule has 0 amide bonds. The van der Waals surface area contributed by atoms with Crippen molar-refractivity contribution in [2.24, 2.45) is 0 Å². The Morgan fingerprint density at radius 1 is 1.19 bits per heavy atom. The maximum atomic E-state index is 11.0. The Bertz CT molecular complexity index is 654. The monoisotopic (exact) mass is 283 g/mol. The third kappa shape index (κ3) is 2.76. The van der Waals surface area contributed by atoms with Gasteiger partial charge in [0.15, 0.2) is 0 Å². The Labute approximate surface area is 123 Å². The highest BCUT2D eigenvalue weighted by atomic mass is 16.4. The van der Waals surface area contributed by atoms with E-state index in [4.69, 9.17) is 5.11 Å². The first-order chi connectivity index (χ1) is 10.1. The van der Waals surface area contributed by atoms with Crippen LogP contribution in [-0.2, 0) is 6.42 Å². The third-order valence-corrected chi connectivity index (χ3v) is 3.90. The summed E-state index contributed by atoms with van der Waals surface area (Å²) in [6.07, 6.45) is 0.272. The maximum Gasteiger partial charge on any atom is 0.335 e. The number of rotatable bonds is 4. The zero-order chi connectivity index (χ0) is 14.8. The van der Waals surface area contributed by atoms with E-state index < -0.39 is 12.1 Å². The normalized spacial score (nSPS) is 14.8. The lowest BCUT2D eigenvalue weighted by atomic mass is 10.1. The van der Waals surface area contributed by atoms with Gasteiger partial charge in [0.05, 0.1) is 11.7 Å². The van der Waals surface area contributed by atoms with Crippen molar-refractivity contribution in [2.75, 3.05) is 18.0 Å². The second-order valence-electron chi connectivity index (χ2n) is 5.27. The highest BCUT2D eigenvalue weighted by Crippen LogP contribution is 2.30. The molecule has 2 aromatic rings. The molecule has 4 heteroatoms. The number of benzene rings is 2. The molecule has 21 heavy (non-hydrogen) atoms. The Hall–Kier alpha value is -2.33. The van der Waals surface area contributed by atoms with Gasteiger partial charge in [-0.25, -0.2) is 4.79 Å². The lowest BCUT2D eigenvalue weighted by molar-refractivity contribution is 0.0697. The van der Waals surface area contributed by atoms with Crippen LogP contribution in [-0.4, -0.2) is 29.3 Å². The van der Waals surface area contributed by atoms with Crippen molar-refractivity contribution in [1.29, 1.82) is 0 Å². The number of anilines is 1. The van der Waals surface area contributed by atoms with Gasteiger partial charge in [0.25, 0.3) is 0 Å². The summed E-state index contributed by atoms with van der Waals surface area (Å²) < 4.78 is 0. The van der Waals surface area contributed by atoms with Crippen LogP contribution in [0.25, 0.3) is 0 Å². The topological polar surface area (TPSA) is 60.8 Å². The maximum absolute atomic E-state index is 11.0. The molecule has 0 aromatic heterocycles. The third-order valence-electron chi connectivity index (χ3n) is 3.90. The summed E-state index contributed by atoms with van der Waals surface area (Å²) in [6.45, 7) is 1.33. The number of hydrogen-bond acceptors (Lipinski definition) is 3. The van der Waals surface area contributed by atoms with Crippen LogP contribution in [0.5, 0.6) is 0 Å². The highest BCUT2D eigenvalue weighted by molar-refractivity contribution is 5.88. The van der Waals surface area contributed by atoms with Crippen molar-refractivity contribution >= 4 is 11.7 Å². The number of hydrogen-bond donors (Lipinski definition) is 2. The number of β-amino-alcohol motifs (C(OH)–C–C–N with tert-alkyl or cyclic N) is 1. The first kappa shape index (κ1) is 13.6. The van der Waals surface area contributed by atoms with E-state index >= 15 is 0 Å². The minimum absolute atomic E-state index is 0.319. The molecule has 1 aliphatic rings. The Morgan fingerprint density at radius 2 is 1.95 bits per heavy atom. The molecule has 4 nitrogen and oxygen atoms in total. The van der Waals surface area contributed by atoms with E-state index in [1.807, 2.05) is 36.4 Å². The van der Waals surface area contributed by atoms with Gasteiger partial charge >= 0.3 is 5.97 Å². The van der Waals surface area contributed by atoms with E-state index in [9.17, 15) is 9.90 Å². The number of carboxylic acid groups (broad SMARTS) is 1. The molecular formula is C17H17NO3. The Balaban J connectivity index is 1.77. The molecule has 0 spiro atoms. The van der Waals surface area contributed by atoms with E-state index in [1.165, 1.54) is 0 Å². The molecule has 0 aliphatic carbocycles. The molecule has 1 aliphatic heterocycles. The van der Waals surface area contributed by atoms with Crippen molar-refractivity contribution in [3.8, 4) is 0 Å². The minimum Gasteiger partial charge on any atom is -0.478 e. The van der Waals surface area contributed by atoms with E-state index in [1.54, 1.807) is 12.1 Å². The summed E-state index contributed by atoms with van der Waals surface area (Å²) in [5.41, 5.74) is 3.28. The summed E-state index contributed by atoms with van der Waals surface area (Å²) in [4.78, 5) is 13.1. The number of aliphatic hydroxyl groups is 1. The Morgan fingerprint density at radius 3 is 2.67 bits per heavy atom. The number of carboxylic acids is 1. The van der Waals surface area contributed by atoms with Crippen LogP contribution >= 0.6 is 0 Å². The molecule has 2 aromatic carbocycles. The number of fused-ring (bicyclic) bond motifs is 1. The second-order valence-corrected chi connectivity index (χ2v) is 5.27. The predicted molar refractivity (Wildman–Crippen MR) is 80.7 cm³/mol. The van der Waals surface area contributed by atoms with Gasteiger partial charge in [-0.15, -0.1) is 0 Å². The van der Waals surface area contributed by atoms with Crippen LogP contribution in [0.3, 0.4) is 0 Å². The van der Waals surface area contributed by atoms with E-state index in [2.05, 4.69) is 4.90 Å². The smallest absolute Gasteiger partial charge is 0.335 e. The molecule has 1 unspecified atom stereocenters. The van der Waals surface area contributed by atoms with Crippen molar-refractivity contribution in [3.63, 3.8) is 0 Å². The van der Waals surface area contributed by atoms with Crippen LogP contribution in [0.2, 0.25) is 0 Å². The van der Waals surface area contributed by atoms with Gasteiger partial charge in [-0.3, -0.25) is 0 Å². The second kappa shape index (κ2) is 5.58. The lowest BCUT2D eigenvalue weighted by Gasteiger charge is -2.23. The molecule has 1 atom stereocenters. The highest BCUT2D eigenvalue weighted by Gasteiger charge is 2.22. The van der Waals surface area contributed by atoms with Crippen molar-refractivity contribution in [2.45, 2.75) is 12.5 Å². The van der Waals surface area contributed by atoms with Gasteiger partial charge in [0, 0.05) is 18.8 Å². The van der Waals surface area contributed by atoms with Gasteiger partial charge in [-0.2, -0.15) is 0 Å². The van der Waals surface area contributed by atoms with Gasteiger partial charge < -0.3 is 15.1 Å². The average Bonchev–Trinajstić information content (AvgIpc) is 2.90. The molecule has 108 valence electrons. The summed E-state index contributed by atoms with van der Waals surface area (Å²) in [6, 6.07) is 14.8. The molecular weight excluding hydrogens is 266 g/mol. The standard InChI is InChI=1S/C17H17NO3/c19-16(12-4-2-1-3-5-12)11-18-9-8-13-10-14(17(20)21)6-7-15(13)18/h1-7,10,16,19H,8-9,11H2,(H,20,21). The van der Waals surface area contributed by atoms with Crippen molar-refractivity contribution < 1.29 is 15.0 Å². The van der Waals surface area contributed by atoms with E-state index in [-0.39, 0.29) is 0 Å². The molecule has 0 saturated heterocycles. The molecule has 2 N–H and O–H groups in total. The van der Waals surface area contributed by atoms with Crippen molar-refractivity contribution in [1.82, 2.24) is 0 Å². The molecule has 0 bridgehead atoms. The van der Waals surface area contributed by atoms with Crippen LogP contribution in [0, 0.1) is 0 Å². The fraction of sp³-hybridized carbons (Fsp3) is 0.235. The van der Waals surface area contributed by atoms with Crippen LogP contribution in [0.4, 0.5) is 5.69 Å². The molecule has 3 rings (SSSR count). The quantitative estimate of drug-likeness (QED) is 0.905. The summed E-state index contributed by atoms with van der Waals surface area (Å²) in [5, 5.41) is 19.3. The zero-order valence-electron chi connectivity index (χ0n) is 11.6. The minimum atomic E-state index is -0.902. The molecule has 0 fully saturated rings. The number of carbonyl (C=O) groups is 1. The van der Waals surface area contributed by atoms with Crippen LogP contribution < -0.4 is 4.90 Å². The average molecular weight is 283 g/mol. The molecule has 1 heterocycles. The fourth-order valence-corrected chi connectivity index (χ4v) is 2.78. The lowest BCUT2D eigenvalue weighted by Crippen LogP contribution is -2.26. The zero-order valence-corrected chi connectivity index (χ0v) is 11.6. The van der Waals surface area contributed by atoms with E-state index in [0.717, 1.165) is 29.8 Å². The largest absolute Gasteiger partial charge is 0.478 e. The summed E-state index contributed by atoms with van der Waals surface area (Å²) >= 11 is 0. The number of aromatic carboxylic acids is 1. The van der Waals surface area contributed by atoms with Gasteiger partial charge in [0.2, 0.25) is 0 Å². The number of nitrogens with zero attached hydrogens (tertiary/aromatic N) is 1. The van der Waals surface area contributed by atoms with Crippen LogP contribution in [0.15, 0.2) is 48.5 Å². The van der Waals surface area contributed by atoms with Gasteiger partial charge in [-0.05, 0) is 35.7 Å². The van der Waals surface area contributed by atoms with Crippen molar-refractivity contribution in [3.05, 3.63) is 65.2 Å². The predicted octanol–water partition coefficient (Wildman–Crippen LogP) is 2.48. The Kier molecular flexibility index (Phi) is 3.62. The first-order valence-corrected chi connectivity index (χ1v) is 6.99. The van der Waals surface area contributed by atoms with E-state index in [0.29, 0.717) is 12.1 Å². The molecule has 0 radical (unpaired) electrons. The SMILES string of the molecule is O=C(O)c1ccc2c(c1)CCN2CC(O)c1ccccc1.